The molecule has 1 aromatic rings. The molecule has 2 aliphatic rings. The molecule has 1 aromatic carbocycles. The number of ether oxygens (including phenoxy) is 2. The molecule has 18 heavy (non-hydrogen) atoms. The number of hydrogen-bond donors (Lipinski definition) is 1. The number of hydrogen-bond acceptors (Lipinski definition) is 3. The Balaban J connectivity index is 1.74. The van der Waals surface area contributed by atoms with E-state index in [0.717, 1.165) is 39.0 Å². The Bertz CT molecular complexity index is 395. The summed E-state index contributed by atoms with van der Waals surface area (Å²) in [5.74, 6) is -0.320. The second kappa shape index (κ2) is 5.00. The van der Waals surface area contributed by atoms with Crippen LogP contribution in [0.25, 0.3) is 0 Å². The Kier molecular flexibility index (Phi) is 3.37. The molecule has 1 atom stereocenters. The van der Waals surface area contributed by atoms with Gasteiger partial charge in [-0.15, -0.1) is 0 Å². The van der Waals surface area contributed by atoms with Crippen LogP contribution in [0.1, 0.15) is 36.9 Å². The first kappa shape index (κ1) is 12.2. The van der Waals surface area contributed by atoms with Gasteiger partial charge in [-0.3, -0.25) is 0 Å². The molecule has 0 radical (unpaired) electrons. The average Bonchev–Trinajstić information content (AvgIpc) is 2.87. The van der Waals surface area contributed by atoms with E-state index in [-0.39, 0.29) is 5.79 Å². The van der Waals surface area contributed by atoms with Crippen LogP contribution in [0.15, 0.2) is 24.3 Å². The normalized spacial score (nSPS) is 26.6. The molecular weight excluding hydrogens is 226 g/mol. The fourth-order valence-electron chi connectivity index (χ4n) is 2.90. The number of piperidine rings is 1. The van der Waals surface area contributed by atoms with Gasteiger partial charge in [-0.25, -0.2) is 0 Å². The van der Waals surface area contributed by atoms with E-state index in [1.54, 1.807) is 0 Å². The van der Waals surface area contributed by atoms with Crippen molar-refractivity contribution in [2.24, 2.45) is 0 Å². The molecule has 0 aromatic heterocycles. The van der Waals surface area contributed by atoms with Gasteiger partial charge >= 0.3 is 0 Å². The summed E-state index contributed by atoms with van der Waals surface area (Å²) >= 11 is 0. The SMILES string of the molecule is CCc1ccc(C2CC3(CCN2)OCCO3)cc1. The molecule has 0 bridgehead atoms. The van der Waals surface area contributed by atoms with Crippen molar-refractivity contribution in [3.8, 4) is 0 Å². The molecule has 1 N–H and O–H groups in total. The minimum absolute atomic E-state index is 0.320. The first-order chi connectivity index (χ1) is 8.81. The van der Waals surface area contributed by atoms with E-state index < -0.39 is 0 Å². The Labute approximate surface area is 108 Å². The summed E-state index contributed by atoms with van der Waals surface area (Å²) in [6.07, 6.45) is 2.96. The average molecular weight is 247 g/mol. The van der Waals surface area contributed by atoms with Gasteiger partial charge in [-0.2, -0.15) is 0 Å². The highest BCUT2D eigenvalue weighted by molar-refractivity contribution is 5.25. The van der Waals surface area contributed by atoms with Crippen molar-refractivity contribution in [2.75, 3.05) is 19.8 Å². The van der Waals surface area contributed by atoms with E-state index in [2.05, 4.69) is 36.5 Å². The highest BCUT2D eigenvalue weighted by Crippen LogP contribution is 2.36. The number of benzene rings is 1. The molecule has 3 rings (SSSR count). The highest BCUT2D eigenvalue weighted by atomic mass is 16.7. The summed E-state index contributed by atoms with van der Waals surface area (Å²) in [5.41, 5.74) is 2.73. The van der Waals surface area contributed by atoms with E-state index in [1.165, 1.54) is 11.1 Å². The quantitative estimate of drug-likeness (QED) is 0.870. The Morgan fingerprint density at radius 2 is 1.94 bits per heavy atom. The van der Waals surface area contributed by atoms with Gasteiger partial charge < -0.3 is 14.8 Å². The molecule has 2 fully saturated rings. The van der Waals surface area contributed by atoms with Crippen LogP contribution < -0.4 is 5.32 Å². The lowest BCUT2D eigenvalue weighted by molar-refractivity contribution is -0.180. The third kappa shape index (κ3) is 2.30. The van der Waals surface area contributed by atoms with Gasteiger partial charge in [-0.05, 0) is 17.5 Å². The highest BCUT2D eigenvalue weighted by Gasteiger charge is 2.41. The van der Waals surface area contributed by atoms with Crippen molar-refractivity contribution in [3.63, 3.8) is 0 Å². The van der Waals surface area contributed by atoms with Gasteiger partial charge in [0.15, 0.2) is 5.79 Å². The molecule has 3 nitrogen and oxygen atoms in total. The van der Waals surface area contributed by atoms with Crippen LogP contribution in [0.4, 0.5) is 0 Å². The van der Waals surface area contributed by atoms with Crippen LogP contribution in [0, 0.1) is 0 Å². The fraction of sp³-hybridized carbons (Fsp3) is 0.600. The van der Waals surface area contributed by atoms with Gasteiger partial charge in [0.2, 0.25) is 0 Å². The van der Waals surface area contributed by atoms with Gasteiger partial charge in [0, 0.05) is 25.4 Å². The Morgan fingerprint density at radius 3 is 2.61 bits per heavy atom. The maximum Gasteiger partial charge on any atom is 0.171 e. The Hall–Kier alpha value is -0.900. The maximum atomic E-state index is 5.82. The van der Waals surface area contributed by atoms with Crippen molar-refractivity contribution in [3.05, 3.63) is 35.4 Å². The topological polar surface area (TPSA) is 30.5 Å². The minimum atomic E-state index is -0.320. The molecule has 1 unspecified atom stereocenters. The zero-order valence-electron chi connectivity index (χ0n) is 10.9. The van der Waals surface area contributed by atoms with Crippen LogP contribution in [0.3, 0.4) is 0 Å². The summed E-state index contributed by atoms with van der Waals surface area (Å²) in [6, 6.07) is 9.24. The lowest BCUT2D eigenvalue weighted by Crippen LogP contribution is -2.44. The zero-order valence-corrected chi connectivity index (χ0v) is 10.9. The molecule has 0 aliphatic carbocycles. The summed E-state index contributed by atoms with van der Waals surface area (Å²) in [5, 5.41) is 3.56. The lowest BCUT2D eigenvalue weighted by Gasteiger charge is -2.37. The number of nitrogens with one attached hydrogen (secondary N) is 1. The van der Waals surface area contributed by atoms with Gasteiger partial charge in [-0.1, -0.05) is 31.2 Å². The van der Waals surface area contributed by atoms with E-state index in [4.69, 9.17) is 9.47 Å². The van der Waals surface area contributed by atoms with Crippen LogP contribution in [-0.2, 0) is 15.9 Å². The molecule has 2 aliphatic heterocycles. The Morgan fingerprint density at radius 1 is 1.22 bits per heavy atom. The molecule has 0 amide bonds. The van der Waals surface area contributed by atoms with E-state index in [9.17, 15) is 0 Å². The predicted octanol–water partition coefficient (Wildman–Crippen LogP) is 2.42. The van der Waals surface area contributed by atoms with E-state index in [0.29, 0.717) is 6.04 Å². The van der Waals surface area contributed by atoms with Crippen LogP contribution >= 0.6 is 0 Å². The second-order valence-electron chi connectivity index (χ2n) is 5.16. The van der Waals surface area contributed by atoms with Crippen molar-refractivity contribution in [2.45, 2.75) is 38.0 Å². The standard InChI is InChI=1S/C15H21NO2/c1-2-12-3-5-13(6-4-12)14-11-15(7-8-16-14)17-9-10-18-15/h3-6,14,16H,2,7-11H2,1H3. The largest absolute Gasteiger partial charge is 0.347 e. The third-order valence-electron chi connectivity index (χ3n) is 4.02. The van der Waals surface area contributed by atoms with Crippen LogP contribution in [-0.4, -0.2) is 25.5 Å². The van der Waals surface area contributed by atoms with Gasteiger partial charge in [0.25, 0.3) is 0 Å². The summed E-state index contributed by atoms with van der Waals surface area (Å²) in [4.78, 5) is 0. The molecule has 2 saturated heterocycles. The summed E-state index contributed by atoms with van der Waals surface area (Å²) < 4.78 is 11.6. The van der Waals surface area contributed by atoms with Crippen LogP contribution in [0.5, 0.6) is 0 Å². The van der Waals surface area contributed by atoms with E-state index in [1.807, 2.05) is 0 Å². The maximum absolute atomic E-state index is 5.82. The van der Waals surface area contributed by atoms with Crippen molar-refractivity contribution in [1.29, 1.82) is 0 Å². The fourth-order valence-corrected chi connectivity index (χ4v) is 2.90. The molecule has 2 heterocycles. The molecule has 98 valence electrons. The van der Waals surface area contributed by atoms with Gasteiger partial charge in [0.05, 0.1) is 13.2 Å². The lowest BCUT2D eigenvalue weighted by atomic mass is 9.92. The van der Waals surface area contributed by atoms with Crippen molar-refractivity contribution in [1.82, 2.24) is 5.32 Å². The molecule has 3 heteroatoms. The molecule has 0 saturated carbocycles. The summed E-state index contributed by atoms with van der Waals surface area (Å²) in [6.45, 7) is 4.62. The monoisotopic (exact) mass is 247 g/mol. The van der Waals surface area contributed by atoms with Crippen molar-refractivity contribution >= 4 is 0 Å². The molecular formula is C15H21NO2. The minimum Gasteiger partial charge on any atom is -0.347 e. The number of aryl methyl sites for hydroxylation is 1. The predicted molar refractivity (Wildman–Crippen MR) is 70.4 cm³/mol. The third-order valence-corrected chi connectivity index (χ3v) is 4.02. The van der Waals surface area contributed by atoms with Crippen LogP contribution in [0.2, 0.25) is 0 Å². The smallest absolute Gasteiger partial charge is 0.171 e. The molecule has 1 spiro atoms. The van der Waals surface area contributed by atoms with Crippen molar-refractivity contribution < 1.29 is 9.47 Å². The first-order valence-electron chi connectivity index (χ1n) is 6.91. The first-order valence-corrected chi connectivity index (χ1v) is 6.91. The zero-order chi connectivity index (χ0) is 12.4. The summed E-state index contributed by atoms with van der Waals surface area (Å²) in [7, 11) is 0. The second-order valence-corrected chi connectivity index (χ2v) is 5.16. The van der Waals surface area contributed by atoms with E-state index >= 15 is 0 Å². The number of rotatable bonds is 2. The van der Waals surface area contributed by atoms with Gasteiger partial charge in [0.1, 0.15) is 0 Å².